The lowest BCUT2D eigenvalue weighted by molar-refractivity contribution is 0.101. The average Bonchev–Trinajstić information content (AvgIpc) is 3.03. The molecule has 1 saturated heterocycles. The molecule has 0 saturated carbocycles. The number of benzene rings is 1. The van der Waals surface area contributed by atoms with Crippen molar-refractivity contribution in [1.29, 1.82) is 0 Å². The van der Waals surface area contributed by atoms with Crippen LogP contribution in [0.2, 0.25) is 0 Å². The normalized spacial score (nSPS) is 25.3. The molecule has 18 heavy (non-hydrogen) atoms. The van der Waals surface area contributed by atoms with Gasteiger partial charge in [0.1, 0.15) is 0 Å². The summed E-state index contributed by atoms with van der Waals surface area (Å²) in [4.78, 5) is 0. The zero-order chi connectivity index (χ0) is 12.4. The summed E-state index contributed by atoms with van der Waals surface area (Å²) in [7, 11) is 0. The standard InChI is InChI=1S/C15H22N2O/c16-11-15(17-10-14-6-3-7-18-14)8-12-4-1-2-5-13(12)9-15/h1-2,4-5,14,17H,3,6-11,16H2. The predicted molar refractivity (Wildman–Crippen MR) is 72.6 cm³/mol. The van der Waals surface area contributed by atoms with Crippen molar-refractivity contribution >= 4 is 0 Å². The van der Waals surface area contributed by atoms with Crippen LogP contribution in [0.15, 0.2) is 24.3 Å². The van der Waals surface area contributed by atoms with E-state index in [1.165, 1.54) is 24.0 Å². The summed E-state index contributed by atoms with van der Waals surface area (Å²) < 4.78 is 5.68. The molecule has 1 heterocycles. The fourth-order valence-electron chi connectivity index (χ4n) is 3.17. The number of rotatable bonds is 4. The summed E-state index contributed by atoms with van der Waals surface area (Å²) in [5.74, 6) is 0. The van der Waals surface area contributed by atoms with E-state index in [-0.39, 0.29) is 5.54 Å². The van der Waals surface area contributed by atoms with E-state index in [9.17, 15) is 0 Å². The maximum Gasteiger partial charge on any atom is 0.0700 e. The van der Waals surface area contributed by atoms with E-state index in [1.807, 2.05) is 0 Å². The van der Waals surface area contributed by atoms with Crippen LogP contribution < -0.4 is 11.1 Å². The molecule has 3 N–H and O–H groups in total. The fraction of sp³-hybridized carbons (Fsp3) is 0.600. The summed E-state index contributed by atoms with van der Waals surface area (Å²) >= 11 is 0. The molecule has 1 aromatic rings. The Labute approximate surface area is 109 Å². The quantitative estimate of drug-likeness (QED) is 0.840. The van der Waals surface area contributed by atoms with Crippen molar-refractivity contribution in [3.63, 3.8) is 0 Å². The summed E-state index contributed by atoms with van der Waals surface area (Å²) in [5.41, 5.74) is 8.97. The second-order valence-electron chi connectivity index (χ2n) is 5.62. The Hall–Kier alpha value is -0.900. The van der Waals surface area contributed by atoms with Gasteiger partial charge in [-0.2, -0.15) is 0 Å². The topological polar surface area (TPSA) is 47.3 Å². The second-order valence-corrected chi connectivity index (χ2v) is 5.62. The van der Waals surface area contributed by atoms with Crippen LogP contribution >= 0.6 is 0 Å². The first-order chi connectivity index (χ1) is 8.81. The third-order valence-corrected chi connectivity index (χ3v) is 4.30. The SMILES string of the molecule is NCC1(NCC2CCCO2)Cc2ccccc2C1. The molecular formula is C15H22N2O. The molecule has 98 valence electrons. The van der Waals surface area contributed by atoms with Crippen molar-refractivity contribution in [3.05, 3.63) is 35.4 Å². The molecule has 1 aliphatic carbocycles. The van der Waals surface area contributed by atoms with Gasteiger partial charge < -0.3 is 15.8 Å². The van der Waals surface area contributed by atoms with Crippen LogP contribution in [0.5, 0.6) is 0 Å². The third kappa shape index (κ3) is 2.30. The molecule has 3 heteroatoms. The fourth-order valence-corrected chi connectivity index (χ4v) is 3.17. The lowest BCUT2D eigenvalue weighted by Gasteiger charge is -2.30. The largest absolute Gasteiger partial charge is 0.377 e. The highest BCUT2D eigenvalue weighted by molar-refractivity contribution is 5.36. The maximum absolute atomic E-state index is 6.03. The molecule has 1 aromatic carbocycles. The number of hydrogen-bond acceptors (Lipinski definition) is 3. The van der Waals surface area contributed by atoms with Crippen LogP contribution in [0.4, 0.5) is 0 Å². The minimum absolute atomic E-state index is 0.0512. The van der Waals surface area contributed by atoms with Gasteiger partial charge in [-0.15, -0.1) is 0 Å². The number of fused-ring (bicyclic) bond motifs is 1. The van der Waals surface area contributed by atoms with Crippen LogP contribution in [0.3, 0.4) is 0 Å². The van der Waals surface area contributed by atoms with E-state index in [1.54, 1.807) is 0 Å². The summed E-state index contributed by atoms with van der Waals surface area (Å²) in [6.07, 6.45) is 4.86. The predicted octanol–water partition coefficient (Wildman–Crippen LogP) is 1.25. The van der Waals surface area contributed by atoms with Gasteiger partial charge in [-0.25, -0.2) is 0 Å². The monoisotopic (exact) mass is 246 g/mol. The zero-order valence-corrected chi connectivity index (χ0v) is 10.8. The van der Waals surface area contributed by atoms with Crippen LogP contribution in [-0.2, 0) is 17.6 Å². The zero-order valence-electron chi connectivity index (χ0n) is 10.8. The van der Waals surface area contributed by atoms with Crippen molar-refractivity contribution in [3.8, 4) is 0 Å². The van der Waals surface area contributed by atoms with E-state index in [0.717, 1.165) is 26.0 Å². The molecule has 0 amide bonds. The number of nitrogens with one attached hydrogen (secondary N) is 1. The Morgan fingerprint density at radius 1 is 1.28 bits per heavy atom. The highest BCUT2D eigenvalue weighted by Gasteiger charge is 2.36. The molecule has 0 spiro atoms. The van der Waals surface area contributed by atoms with Gasteiger partial charge in [0.05, 0.1) is 6.10 Å². The van der Waals surface area contributed by atoms with Gasteiger partial charge in [0.25, 0.3) is 0 Å². The second kappa shape index (κ2) is 5.00. The number of nitrogens with two attached hydrogens (primary N) is 1. The van der Waals surface area contributed by atoms with Gasteiger partial charge in [0.2, 0.25) is 0 Å². The average molecular weight is 246 g/mol. The molecule has 1 atom stereocenters. The number of ether oxygens (including phenoxy) is 1. The first-order valence-corrected chi connectivity index (χ1v) is 6.95. The van der Waals surface area contributed by atoms with E-state index in [0.29, 0.717) is 12.6 Å². The Morgan fingerprint density at radius 2 is 2.00 bits per heavy atom. The highest BCUT2D eigenvalue weighted by atomic mass is 16.5. The third-order valence-electron chi connectivity index (χ3n) is 4.30. The summed E-state index contributed by atoms with van der Waals surface area (Å²) in [6, 6.07) is 8.68. The van der Waals surface area contributed by atoms with Gasteiger partial charge >= 0.3 is 0 Å². The van der Waals surface area contributed by atoms with Gasteiger partial charge in [-0.3, -0.25) is 0 Å². The molecular weight excluding hydrogens is 224 g/mol. The Kier molecular flexibility index (Phi) is 3.37. The van der Waals surface area contributed by atoms with Crippen molar-refractivity contribution in [1.82, 2.24) is 5.32 Å². The molecule has 3 rings (SSSR count). The van der Waals surface area contributed by atoms with Crippen molar-refractivity contribution in [2.75, 3.05) is 19.7 Å². The van der Waals surface area contributed by atoms with Crippen molar-refractivity contribution in [2.24, 2.45) is 5.73 Å². The van der Waals surface area contributed by atoms with Crippen LogP contribution in [0.25, 0.3) is 0 Å². The van der Waals surface area contributed by atoms with E-state index in [4.69, 9.17) is 10.5 Å². The Balaban J connectivity index is 1.65. The van der Waals surface area contributed by atoms with Gasteiger partial charge in [0, 0.05) is 25.2 Å². The highest BCUT2D eigenvalue weighted by Crippen LogP contribution is 2.29. The molecule has 0 radical (unpaired) electrons. The maximum atomic E-state index is 6.03. The van der Waals surface area contributed by atoms with Crippen LogP contribution in [0.1, 0.15) is 24.0 Å². The van der Waals surface area contributed by atoms with Crippen LogP contribution in [-0.4, -0.2) is 31.3 Å². The van der Waals surface area contributed by atoms with Crippen molar-refractivity contribution in [2.45, 2.75) is 37.3 Å². The smallest absolute Gasteiger partial charge is 0.0700 e. The minimum atomic E-state index is 0.0512. The molecule has 0 bridgehead atoms. The summed E-state index contributed by atoms with van der Waals surface area (Å²) in [5, 5.41) is 3.68. The summed E-state index contributed by atoms with van der Waals surface area (Å²) in [6.45, 7) is 2.54. The Bertz CT molecular complexity index is 388. The first-order valence-electron chi connectivity index (χ1n) is 6.95. The lowest BCUT2D eigenvalue weighted by atomic mass is 9.95. The lowest BCUT2D eigenvalue weighted by Crippen LogP contribution is -2.54. The van der Waals surface area contributed by atoms with Crippen LogP contribution in [0, 0.1) is 0 Å². The Morgan fingerprint density at radius 3 is 2.56 bits per heavy atom. The molecule has 1 aliphatic heterocycles. The van der Waals surface area contributed by atoms with Gasteiger partial charge in [-0.05, 0) is 36.8 Å². The van der Waals surface area contributed by atoms with Crippen molar-refractivity contribution < 1.29 is 4.74 Å². The molecule has 1 fully saturated rings. The van der Waals surface area contributed by atoms with Gasteiger partial charge in [0.15, 0.2) is 0 Å². The van der Waals surface area contributed by atoms with E-state index >= 15 is 0 Å². The first kappa shape index (κ1) is 12.2. The molecule has 3 nitrogen and oxygen atoms in total. The van der Waals surface area contributed by atoms with E-state index in [2.05, 4.69) is 29.6 Å². The number of hydrogen-bond donors (Lipinski definition) is 2. The molecule has 2 aliphatic rings. The van der Waals surface area contributed by atoms with Gasteiger partial charge in [-0.1, -0.05) is 24.3 Å². The molecule has 0 aromatic heterocycles. The minimum Gasteiger partial charge on any atom is -0.377 e. The molecule has 1 unspecified atom stereocenters. The van der Waals surface area contributed by atoms with E-state index < -0.39 is 0 Å².